The Hall–Kier alpha value is -3.52. The first-order chi connectivity index (χ1) is 14.3. The van der Waals surface area contributed by atoms with Crippen molar-refractivity contribution in [1.82, 2.24) is 9.97 Å². The SMILES string of the molecule is CC1C=CC=CC1c1nc(-c2ccccc2)cc(-c2ccc3ccccc3c2)n1. The molecule has 4 aromatic rings. The molecule has 0 amide bonds. The highest BCUT2D eigenvalue weighted by molar-refractivity contribution is 5.87. The monoisotopic (exact) mass is 374 g/mol. The van der Waals surface area contributed by atoms with Crippen LogP contribution in [0, 0.1) is 5.92 Å². The summed E-state index contributed by atoms with van der Waals surface area (Å²) in [5.41, 5.74) is 4.16. The fourth-order valence-corrected chi connectivity index (χ4v) is 3.91. The van der Waals surface area contributed by atoms with E-state index in [2.05, 4.69) is 104 Å². The number of rotatable bonds is 3. The zero-order chi connectivity index (χ0) is 19.6. The van der Waals surface area contributed by atoms with Crippen LogP contribution in [0.4, 0.5) is 0 Å². The van der Waals surface area contributed by atoms with E-state index >= 15 is 0 Å². The van der Waals surface area contributed by atoms with E-state index in [9.17, 15) is 0 Å². The van der Waals surface area contributed by atoms with Crippen LogP contribution < -0.4 is 0 Å². The van der Waals surface area contributed by atoms with Crippen LogP contribution in [0.1, 0.15) is 18.7 Å². The highest BCUT2D eigenvalue weighted by Gasteiger charge is 2.21. The Bertz CT molecular complexity index is 1220. The second kappa shape index (κ2) is 7.48. The lowest BCUT2D eigenvalue weighted by atomic mass is 9.89. The minimum atomic E-state index is 0.183. The van der Waals surface area contributed by atoms with E-state index in [1.54, 1.807) is 0 Å². The van der Waals surface area contributed by atoms with Gasteiger partial charge >= 0.3 is 0 Å². The summed E-state index contributed by atoms with van der Waals surface area (Å²) in [5, 5.41) is 2.46. The molecule has 2 nitrogen and oxygen atoms in total. The van der Waals surface area contributed by atoms with Gasteiger partial charge in [0.05, 0.1) is 11.4 Å². The van der Waals surface area contributed by atoms with Crippen LogP contribution in [-0.4, -0.2) is 9.97 Å². The fraction of sp³-hybridized carbons (Fsp3) is 0.111. The maximum Gasteiger partial charge on any atom is 0.137 e. The smallest absolute Gasteiger partial charge is 0.137 e. The van der Waals surface area contributed by atoms with Crippen LogP contribution in [0.25, 0.3) is 33.3 Å². The first kappa shape index (κ1) is 17.6. The van der Waals surface area contributed by atoms with Gasteiger partial charge in [0.25, 0.3) is 0 Å². The maximum absolute atomic E-state index is 5.01. The molecule has 2 heteroatoms. The zero-order valence-electron chi connectivity index (χ0n) is 16.4. The molecule has 2 unspecified atom stereocenters. The molecular formula is C27H22N2. The molecule has 1 aliphatic carbocycles. The largest absolute Gasteiger partial charge is 0.232 e. The van der Waals surface area contributed by atoms with Gasteiger partial charge in [-0.3, -0.25) is 0 Å². The van der Waals surface area contributed by atoms with Gasteiger partial charge in [-0.25, -0.2) is 9.97 Å². The molecule has 0 saturated carbocycles. The lowest BCUT2D eigenvalue weighted by Gasteiger charge is -2.20. The van der Waals surface area contributed by atoms with Crippen LogP contribution >= 0.6 is 0 Å². The number of nitrogens with zero attached hydrogens (tertiary/aromatic N) is 2. The average Bonchev–Trinajstić information content (AvgIpc) is 2.79. The van der Waals surface area contributed by atoms with Crippen molar-refractivity contribution < 1.29 is 0 Å². The summed E-state index contributed by atoms with van der Waals surface area (Å²) >= 11 is 0. The van der Waals surface area contributed by atoms with Crippen LogP contribution in [0.2, 0.25) is 0 Å². The van der Waals surface area contributed by atoms with Gasteiger partial charge in [-0.05, 0) is 28.8 Å². The second-order valence-electron chi connectivity index (χ2n) is 7.58. The van der Waals surface area contributed by atoms with Crippen LogP contribution in [0.15, 0.2) is 103 Å². The number of aromatic nitrogens is 2. The Kier molecular flexibility index (Phi) is 4.53. The third kappa shape index (κ3) is 3.50. The molecule has 0 radical (unpaired) electrons. The molecule has 0 bridgehead atoms. The number of fused-ring (bicyclic) bond motifs is 1. The summed E-state index contributed by atoms with van der Waals surface area (Å²) < 4.78 is 0. The number of benzene rings is 3. The highest BCUT2D eigenvalue weighted by atomic mass is 14.9. The minimum Gasteiger partial charge on any atom is -0.232 e. The van der Waals surface area contributed by atoms with Crippen molar-refractivity contribution in [2.75, 3.05) is 0 Å². The predicted octanol–water partition coefficient (Wildman–Crippen LogP) is 6.81. The maximum atomic E-state index is 5.01. The summed E-state index contributed by atoms with van der Waals surface area (Å²) in [6.45, 7) is 2.22. The van der Waals surface area contributed by atoms with Gasteiger partial charge < -0.3 is 0 Å². The van der Waals surface area contributed by atoms with Gasteiger partial charge in [0.1, 0.15) is 5.82 Å². The van der Waals surface area contributed by atoms with Crippen molar-refractivity contribution in [3.8, 4) is 22.5 Å². The average molecular weight is 374 g/mol. The Balaban J connectivity index is 1.68. The summed E-state index contributed by atoms with van der Waals surface area (Å²) in [6.07, 6.45) is 8.63. The first-order valence-corrected chi connectivity index (χ1v) is 10.1. The van der Waals surface area contributed by atoms with E-state index in [4.69, 9.17) is 9.97 Å². The van der Waals surface area contributed by atoms with Gasteiger partial charge in [-0.15, -0.1) is 0 Å². The lowest BCUT2D eigenvalue weighted by Crippen LogP contribution is -2.12. The molecule has 1 aliphatic rings. The molecule has 0 spiro atoms. The van der Waals surface area contributed by atoms with E-state index in [0.717, 1.165) is 28.3 Å². The third-order valence-corrected chi connectivity index (χ3v) is 5.57. The predicted molar refractivity (Wildman–Crippen MR) is 121 cm³/mol. The summed E-state index contributed by atoms with van der Waals surface area (Å²) in [5.74, 6) is 1.43. The van der Waals surface area contributed by atoms with E-state index in [-0.39, 0.29) is 5.92 Å². The number of allylic oxidation sites excluding steroid dienone is 4. The van der Waals surface area contributed by atoms with Crippen molar-refractivity contribution >= 4 is 10.8 Å². The van der Waals surface area contributed by atoms with Crippen molar-refractivity contribution in [1.29, 1.82) is 0 Å². The third-order valence-electron chi connectivity index (χ3n) is 5.57. The normalized spacial score (nSPS) is 18.2. The van der Waals surface area contributed by atoms with Gasteiger partial charge in [0, 0.05) is 17.0 Å². The molecule has 29 heavy (non-hydrogen) atoms. The summed E-state index contributed by atoms with van der Waals surface area (Å²) in [6, 6.07) is 27.4. The van der Waals surface area contributed by atoms with E-state index in [1.165, 1.54) is 10.8 Å². The summed E-state index contributed by atoms with van der Waals surface area (Å²) in [7, 11) is 0. The Morgan fingerprint density at radius 3 is 2.10 bits per heavy atom. The molecule has 3 aromatic carbocycles. The van der Waals surface area contributed by atoms with Crippen LogP contribution in [0.3, 0.4) is 0 Å². The first-order valence-electron chi connectivity index (χ1n) is 10.1. The molecule has 5 rings (SSSR count). The van der Waals surface area contributed by atoms with Crippen molar-refractivity contribution in [3.05, 3.63) is 109 Å². The quantitative estimate of drug-likeness (QED) is 0.394. The molecule has 0 N–H and O–H groups in total. The second-order valence-corrected chi connectivity index (χ2v) is 7.58. The molecule has 140 valence electrons. The van der Waals surface area contributed by atoms with E-state index < -0.39 is 0 Å². The Morgan fingerprint density at radius 1 is 0.621 bits per heavy atom. The molecule has 0 fully saturated rings. The molecule has 0 saturated heterocycles. The van der Waals surface area contributed by atoms with Gasteiger partial charge in [0.2, 0.25) is 0 Å². The van der Waals surface area contributed by atoms with Gasteiger partial charge in [0.15, 0.2) is 0 Å². The van der Waals surface area contributed by atoms with Crippen LogP contribution in [-0.2, 0) is 0 Å². The molecule has 0 aliphatic heterocycles. The lowest BCUT2D eigenvalue weighted by molar-refractivity contribution is 0.603. The van der Waals surface area contributed by atoms with Crippen LogP contribution in [0.5, 0.6) is 0 Å². The van der Waals surface area contributed by atoms with Crippen molar-refractivity contribution in [3.63, 3.8) is 0 Å². The molecule has 2 atom stereocenters. The number of hydrogen-bond donors (Lipinski definition) is 0. The standard InChI is InChI=1S/C27H22N2/c1-19-9-5-8-14-24(19)27-28-25(21-11-3-2-4-12-21)18-26(29-27)23-16-15-20-10-6-7-13-22(20)17-23/h2-19,24H,1H3. The molecule has 1 heterocycles. The highest BCUT2D eigenvalue weighted by Crippen LogP contribution is 2.32. The van der Waals surface area contributed by atoms with Crippen molar-refractivity contribution in [2.24, 2.45) is 5.92 Å². The molecule has 1 aromatic heterocycles. The Labute approximate surface area is 171 Å². The number of hydrogen-bond acceptors (Lipinski definition) is 2. The topological polar surface area (TPSA) is 25.8 Å². The Morgan fingerprint density at radius 2 is 1.31 bits per heavy atom. The zero-order valence-corrected chi connectivity index (χ0v) is 16.4. The van der Waals surface area contributed by atoms with E-state index in [0.29, 0.717) is 5.92 Å². The fourth-order valence-electron chi connectivity index (χ4n) is 3.91. The van der Waals surface area contributed by atoms with E-state index in [1.807, 2.05) is 6.07 Å². The van der Waals surface area contributed by atoms with Gasteiger partial charge in [-0.2, -0.15) is 0 Å². The minimum absolute atomic E-state index is 0.183. The van der Waals surface area contributed by atoms with Crippen molar-refractivity contribution in [2.45, 2.75) is 12.8 Å². The summed E-state index contributed by atoms with van der Waals surface area (Å²) in [4.78, 5) is 9.98. The van der Waals surface area contributed by atoms with Gasteiger partial charge in [-0.1, -0.05) is 98.0 Å². The molecular weight excluding hydrogens is 352 g/mol.